The molecular weight excluding hydrogens is 170 g/mol. The summed E-state index contributed by atoms with van der Waals surface area (Å²) in [6.45, 7) is 0. The van der Waals surface area contributed by atoms with Gasteiger partial charge in [0.1, 0.15) is 12.5 Å². The van der Waals surface area contributed by atoms with Crippen molar-refractivity contribution < 1.29 is 17.6 Å². The van der Waals surface area contributed by atoms with Crippen LogP contribution in [0.15, 0.2) is 21.4 Å². The number of hydrogen-bond acceptors (Lipinski definition) is 4. The van der Waals surface area contributed by atoms with Gasteiger partial charge in [-0.2, -0.15) is 18.7 Å². The molecule has 12 heavy (non-hydrogen) atoms. The summed E-state index contributed by atoms with van der Waals surface area (Å²) in [5, 5.41) is 0. The van der Waals surface area contributed by atoms with Crippen molar-refractivity contribution in [2.24, 2.45) is 0 Å². The van der Waals surface area contributed by atoms with Gasteiger partial charge in [-0.15, -0.1) is 0 Å². The SMILES string of the molecule is Fc1coc(-c2nc(F)co2)n1. The second kappa shape index (κ2) is 2.40. The number of nitrogens with zero attached hydrogens (tertiary/aromatic N) is 2. The molecule has 0 bridgehead atoms. The van der Waals surface area contributed by atoms with E-state index in [1.165, 1.54) is 0 Å². The first-order chi connectivity index (χ1) is 5.75. The van der Waals surface area contributed by atoms with E-state index in [-0.39, 0.29) is 11.8 Å². The van der Waals surface area contributed by atoms with E-state index in [4.69, 9.17) is 0 Å². The zero-order valence-electron chi connectivity index (χ0n) is 5.62. The Morgan fingerprint density at radius 2 is 1.33 bits per heavy atom. The van der Waals surface area contributed by atoms with E-state index >= 15 is 0 Å². The Kier molecular flexibility index (Phi) is 1.39. The van der Waals surface area contributed by atoms with Gasteiger partial charge in [0.15, 0.2) is 0 Å². The molecule has 0 saturated heterocycles. The molecule has 2 rings (SSSR count). The molecule has 2 heterocycles. The van der Waals surface area contributed by atoms with Crippen molar-refractivity contribution in [2.45, 2.75) is 0 Å². The van der Waals surface area contributed by atoms with E-state index in [1.54, 1.807) is 0 Å². The molecule has 0 spiro atoms. The molecule has 0 atom stereocenters. The third kappa shape index (κ3) is 1.07. The van der Waals surface area contributed by atoms with Gasteiger partial charge in [-0.25, -0.2) is 0 Å². The molecule has 0 aliphatic heterocycles. The summed E-state index contributed by atoms with van der Waals surface area (Å²) in [5.74, 6) is -1.97. The molecule has 0 amide bonds. The molecule has 0 unspecified atom stereocenters. The molecule has 0 N–H and O–H groups in total. The van der Waals surface area contributed by atoms with Gasteiger partial charge in [0.25, 0.3) is 23.7 Å². The maximum absolute atomic E-state index is 12.3. The Morgan fingerprint density at radius 3 is 1.58 bits per heavy atom. The highest BCUT2D eigenvalue weighted by atomic mass is 19.1. The van der Waals surface area contributed by atoms with Crippen molar-refractivity contribution in [2.75, 3.05) is 0 Å². The third-order valence-corrected chi connectivity index (χ3v) is 1.14. The normalized spacial score (nSPS) is 10.5. The monoisotopic (exact) mass is 172 g/mol. The Hall–Kier alpha value is -1.72. The van der Waals surface area contributed by atoms with E-state index in [0.717, 1.165) is 12.5 Å². The highest BCUT2D eigenvalue weighted by molar-refractivity contribution is 5.35. The fourth-order valence-electron chi connectivity index (χ4n) is 0.705. The first-order valence-electron chi connectivity index (χ1n) is 2.98. The van der Waals surface area contributed by atoms with Crippen LogP contribution in [0.5, 0.6) is 0 Å². The van der Waals surface area contributed by atoms with Crippen LogP contribution in [0.3, 0.4) is 0 Å². The molecule has 0 fully saturated rings. The summed E-state index contributed by atoms with van der Waals surface area (Å²) in [7, 11) is 0. The van der Waals surface area contributed by atoms with Crippen LogP contribution in [0, 0.1) is 11.9 Å². The number of hydrogen-bond donors (Lipinski definition) is 0. The molecule has 0 aliphatic rings. The van der Waals surface area contributed by atoms with Crippen molar-refractivity contribution in [1.29, 1.82) is 0 Å². The van der Waals surface area contributed by atoms with Gasteiger partial charge >= 0.3 is 0 Å². The van der Waals surface area contributed by atoms with E-state index in [2.05, 4.69) is 18.8 Å². The van der Waals surface area contributed by atoms with Gasteiger partial charge in [0.05, 0.1) is 0 Å². The fraction of sp³-hybridized carbons (Fsp3) is 0. The zero-order chi connectivity index (χ0) is 8.55. The standard InChI is InChI=1S/C6H2F2N2O2/c7-3-1-11-5(9-3)6-10-4(8)2-12-6/h1-2H. The second-order valence-electron chi connectivity index (χ2n) is 1.95. The summed E-state index contributed by atoms with van der Waals surface area (Å²) in [4.78, 5) is 6.48. The lowest BCUT2D eigenvalue weighted by atomic mass is 10.6. The van der Waals surface area contributed by atoms with Crippen molar-refractivity contribution in [3.8, 4) is 11.8 Å². The minimum absolute atomic E-state index is 0.184. The van der Waals surface area contributed by atoms with Crippen LogP contribution >= 0.6 is 0 Å². The van der Waals surface area contributed by atoms with E-state index in [1.807, 2.05) is 0 Å². The maximum atomic E-state index is 12.3. The van der Waals surface area contributed by atoms with Crippen LogP contribution in [0.1, 0.15) is 0 Å². The molecule has 2 aromatic rings. The highest BCUT2D eigenvalue weighted by Crippen LogP contribution is 2.16. The van der Waals surface area contributed by atoms with Crippen molar-refractivity contribution in [3.05, 3.63) is 24.4 Å². The van der Waals surface area contributed by atoms with Crippen LogP contribution in [-0.4, -0.2) is 9.97 Å². The molecule has 2 aromatic heterocycles. The van der Waals surface area contributed by atoms with Gasteiger partial charge in [0, 0.05) is 0 Å². The fourth-order valence-corrected chi connectivity index (χ4v) is 0.705. The van der Waals surface area contributed by atoms with Crippen LogP contribution in [0.2, 0.25) is 0 Å². The Labute approximate surface area is 64.8 Å². The first kappa shape index (κ1) is 6.96. The Balaban J connectivity index is 2.43. The minimum atomic E-state index is -0.802. The topological polar surface area (TPSA) is 52.1 Å². The largest absolute Gasteiger partial charge is 0.438 e. The third-order valence-electron chi connectivity index (χ3n) is 1.14. The van der Waals surface area contributed by atoms with Gasteiger partial charge in [-0.05, 0) is 0 Å². The number of rotatable bonds is 1. The molecule has 0 saturated carbocycles. The van der Waals surface area contributed by atoms with Gasteiger partial charge in [-0.1, -0.05) is 0 Å². The second-order valence-corrected chi connectivity index (χ2v) is 1.95. The molecule has 6 heteroatoms. The van der Waals surface area contributed by atoms with Crippen molar-refractivity contribution in [1.82, 2.24) is 9.97 Å². The molecule has 0 aliphatic carbocycles. The molecule has 4 nitrogen and oxygen atoms in total. The molecule has 0 radical (unpaired) electrons. The van der Waals surface area contributed by atoms with Crippen LogP contribution < -0.4 is 0 Å². The Bertz CT molecular complexity index is 357. The van der Waals surface area contributed by atoms with Crippen LogP contribution in [0.4, 0.5) is 8.78 Å². The summed E-state index contributed by atoms with van der Waals surface area (Å²) < 4.78 is 33.6. The van der Waals surface area contributed by atoms with E-state index in [0.29, 0.717) is 0 Å². The molecule has 0 aromatic carbocycles. The highest BCUT2D eigenvalue weighted by Gasteiger charge is 2.12. The Morgan fingerprint density at radius 1 is 0.917 bits per heavy atom. The number of aromatic nitrogens is 2. The van der Waals surface area contributed by atoms with Gasteiger partial charge in [-0.3, -0.25) is 0 Å². The van der Waals surface area contributed by atoms with E-state index < -0.39 is 11.9 Å². The lowest BCUT2D eigenvalue weighted by Crippen LogP contribution is -1.78. The summed E-state index contributed by atoms with van der Waals surface area (Å²) in [6.07, 6.45) is 1.55. The predicted octanol–water partition coefficient (Wildman–Crippen LogP) is 1.61. The lowest BCUT2D eigenvalue weighted by Gasteiger charge is -1.80. The van der Waals surface area contributed by atoms with Crippen molar-refractivity contribution in [3.63, 3.8) is 0 Å². The molecular formula is C6H2F2N2O2. The quantitative estimate of drug-likeness (QED) is 0.655. The van der Waals surface area contributed by atoms with Crippen molar-refractivity contribution >= 4 is 0 Å². The average molecular weight is 172 g/mol. The predicted molar refractivity (Wildman–Crippen MR) is 31.9 cm³/mol. The zero-order valence-corrected chi connectivity index (χ0v) is 5.62. The maximum Gasteiger partial charge on any atom is 0.286 e. The number of oxazole rings is 2. The van der Waals surface area contributed by atoms with Crippen LogP contribution in [-0.2, 0) is 0 Å². The van der Waals surface area contributed by atoms with E-state index in [9.17, 15) is 8.78 Å². The van der Waals surface area contributed by atoms with Gasteiger partial charge in [0.2, 0.25) is 0 Å². The van der Waals surface area contributed by atoms with Crippen LogP contribution in [0.25, 0.3) is 11.8 Å². The number of halogens is 2. The summed E-state index contributed by atoms with van der Waals surface area (Å²) >= 11 is 0. The smallest absolute Gasteiger partial charge is 0.286 e. The average Bonchev–Trinajstić information content (AvgIpc) is 2.58. The first-order valence-corrected chi connectivity index (χ1v) is 2.98. The van der Waals surface area contributed by atoms with Gasteiger partial charge < -0.3 is 8.83 Å². The summed E-state index contributed by atoms with van der Waals surface area (Å²) in [6, 6.07) is 0. The summed E-state index contributed by atoms with van der Waals surface area (Å²) in [5.41, 5.74) is 0. The lowest BCUT2D eigenvalue weighted by molar-refractivity contribution is 0.501. The minimum Gasteiger partial charge on any atom is -0.438 e. The molecule has 62 valence electrons.